The Morgan fingerprint density at radius 1 is 0.903 bits per heavy atom. The highest BCUT2D eigenvalue weighted by molar-refractivity contribution is 6.30. The maximum atomic E-state index is 12.5. The van der Waals surface area contributed by atoms with E-state index in [9.17, 15) is 14.4 Å². The zero-order valence-corrected chi connectivity index (χ0v) is 18.4. The summed E-state index contributed by atoms with van der Waals surface area (Å²) in [5.74, 6) is -0.478. The Hall–Kier alpha value is -2.86. The van der Waals surface area contributed by atoms with Crippen LogP contribution in [-0.2, 0) is 9.53 Å². The molecule has 2 atom stereocenters. The molecule has 1 aliphatic rings. The van der Waals surface area contributed by atoms with Crippen LogP contribution >= 0.6 is 11.6 Å². The lowest BCUT2D eigenvalue weighted by Gasteiger charge is -2.38. The van der Waals surface area contributed by atoms with E-state index in [0.717, 1.165) is 19.3 Å². The van der Waals surface area contributed by atoms with E-state index < -0.39 is 5.97 Å². The molecule has 1 fully saturated rings. The largest absolute Gasteiger partial charge is 0.484 e. The first kappa shape index (κ1) is 22.8. The van der Waals surface area contributed by atoms with Crippen LogP contribution in [0.3, 0.4) is 0 Å². The number of ketones is 1. The summed E-state index contributed by atoms with van der Waals surface area (Å²) in [6, 6.07) is 13.1. The maximum absolute atomic E-state index is 12.5. The van der Waals surface area contributed by atoms with Crippen LogP contribution in [0, 0.1) is 0 Å². The van der Waals surface area contributed by atoms with Gasteiger partial charge in [-0.25, -0.2) is 4.79 Å². The Bertz CT molecular complexity index is 916. The Kier molecular flexibility index (Phi) is 7.69. The Morgan fingerprint density at radius 3 is 2.10 bits per heavy atom. The van der Waals surface area contributed by atoms with Gasteiger partial charge in [0.05, 0.1) is 5.56 Å². The number of likely N-dealkylation sites (tertiary alicyclic amines) is 1. The number of Topliss-reactive ketones (excluding diaryl/α,β-unsaturated/α-hetero) is 1. The van der Waals surface area contributed by atoms with Gasteiger partial charge in [0.1, 0.15) is 5.75 Å². The van der Waals surface area contributed by atoms with E-state index in [4.69, 9.17) is 21.1 Å². The number of rotatable bonds is 7. The van der Waals surface area contributed by atoms with Gasteiger partial charge in [0, 0.05) is 22.7 Å². The zero-order valence-electron chi connectivity index (χ0n) is 17.7. The van der Waals surface area contributed by atoms with E-state index >= 15 is 0 Å². The first-order valence-corrected chi connectivity index (χ1v) is 10.7. The molecule has 0 aromatic heterocycles. The number of benzene rings is 2. The molecule has 0 spiro atoms. The molecule has 1 amide bonds. The van der Waals surface area contributed by atoms with E-state index in [1.54, 1.807) is 48.5 Å². The summed E-state index contributed by atoms with van der Waals surface area (Å²) < 4.78 is 10.7. The third-order valence-corrected chi connectivity index (χ3v) is 5.69. The number of carbonyl (C=O) groups is 3. The summed E-state index contributed by atoms with van der Waals surface area (Å²) in [6.07, 6.45) is 3.15. The van der Waals surface area contributed by atoms with Crippen molar-refractivity contribution in [2.75, 3.05) is 13.2 Å². The molecule has 0 N–H and O–H groups in total. The predicted molar refractivity (Wildman–Crippen MR) is 118 cm³/mol. The molecule has 0 radical (unpaired) electrons. The van der Waals surface area contributed by atoms with Crippen molar-refractivity contribution in [2.45, 2.75) is 45.2 Å². The van der Waals surface area contributed by atoms with Gasteiger partial charge in [0.15, 0.2) is 19.0 Å². The van der Waals surface area contributed by atoms with Crippen molar-refractivity contribution in [3.63, 3.8) is 0 Å². The van der Waals surface area contributed by atoms with Crippen LogP contribution in [0.1, 0.15) is 53.8 Å². The maximum Gasteiger partial charge on any atom is 0.338 e. The van der Waals surface area contributed by atoms with Gasteiger partial charge in [-0.2, -0.15) is 0 Å². The van der Waals surface area contributed by atoms with Gasteiger partial charge in [-0.15, -0.1) is 0 Å². The van der Waals surface area contributed by atoms with Crippen molar-refractivity contribution in [3.05, 3.63) is 64.7 Å². The second kappa shape index (κ2) is 10.4. The number of hydrogen-bond acceptors (Lipinski definition) is 5. The van der Waals surface area contributed by atoms with Gasteiger partial charge in [-0.3, -0.25) is 9.59 Å². The van der Waals surface area contributed by atoms with E-state index in [-0.39, 0.29) is 37.0 Å². The highest BCUT2D eigenvalue weighted by Crippen LogP contribution is 2.23. The first-order chi connectivity index (χ1) is 14.8. The Balaban J connectivity index is 1.49. The number of hydrogen-bond donors (Lipinski definition) is 0. The average Bonchev–Trinajstić information content (AvgIpc) is 2.76. The van der Waals surface area contributed by atoms with Crippen molar-refractivity contribution >= 4 is 29.3 Å². The van der Waals surface area contributed by atoms with Crippen LogP contribution in [0.25, 0.3) is 0 Å². The summed E-state index contributed by atoms with van der Waals surface area (Å²) in [5.41, 5.74) is 0.712. The number of amides is 1. The molecule has 1 aliphatic heterocycles. The molecule has 31 heavy (non-hydrogen) atoms. The number of halogens is 1. The average molecular weight is 444 g/mol. The van der Waals surface area contributed by atoms with Gasteiger partial charge in [-0.05, 0) is 81.6 Å². The fourth-order valence-corrected chi connectivity index (χ4v) is 3.88. The molecule has 0 bridgehead atoms. The highest BCUT2D eigenvalue weighted by Gasteiger charge is 2.29. The van der Waals surface area contributed by atoms with Crippen molar-refractivity contribution in [1.82, 2.24) is 4.90 Å². The first-order valence-electron chi connectivity index (χ1n) is 10.3. The molecular formula is C24H26ClNO5. The SMILES string of the molecule is C[C@H]1CCC[C@H](C)N1C(=O)COc1ccc(C(=O)OCC(=O)c2ccc(Cl)cc2)cc1. The topological polar surface area (TPSA) is 72.9 Å². The van der Waals surface area contributed by atoms with Gasteiger partial charge < -0.3 is 14.4 Å². The molecule has 0 unspecified atom stereocenters. The molecule has 164 valence electrons. The second-order valence-corrected chi connectivity index (χ2v) is 8.19. The van der Waals surface area contributed by atoms with Crippen molar-refractivity contribution in [2.24, 2.45) is 0 Å². The van der Waals surface area contributed by atoms with Gasteiger partial charge in [-0.1, -0.05) is 11.6 Å². The lowest BCUT2D eigenvalue weighted by atomic mass is 9.97. The molecule has 1 saturated heterocycles. The van der Waals surface area contributed by atoms with Crippen molar-refractivity contribution in [1.29, 1.82) is 0 Å². The second-order valence-electron chi connectivity index (χ2n) is 7.75. The van der Waals surface area contributed by atoms with Crippen LogP contribution in [-0.4, -0.2) is 47.9 Å². The quantitative estimate of drug-likeness (QED) is 0.463. The van der Waals surface area contributed by atoms with Gasteiger partial charge in [0.2, 0.25) is 0 Å². The molecule has 2 aromatic carbocycles. The molecular weight excluding hydrogens is 418 g/mol. The predicted octanol–water partition coefficient (Wildman–Crippen LogP) is 4.55. The Morgan fingerprint density at radius 2 is 1.48 bits per heavy atom. The number of nitrogens with zero attached hydrogens (tertiary/aromatic N) is 1. The Labute approximate surface area is 187 Å². The highest BCUT2D eigenvalue weighted by atomic mass is 35.5. The monoisotopic (exact) mass is 443 g/mol. The zero-order chi connectivity index (χ0) is 22.4. The number of carbonyl (C=O) groups excluding carboxylic acids is 3. The van der Waals surface area contributed by atoms with Crippen LogP contribution in [0.15, 0.2) is 48.5 Å². The van der Waals surface area contributed by atoms with Crippen LogP contribution in [0.4, 0.5) is 0 Å². The van der Waals surface area contributed by atoms with E-state index in [1.807, 2.05) is 4.90 Å². The van der Waals surface area contributed by atoms with E-state index in [2.05, 4.69) is 13.8 Å². The lowest BCUT2D eigenvalue weighted by Crippen LogP contribution is -2.49. The third kappa shape index (κ3) is 6.07. The minimum Gasteiger partial charge on any atom is -0.484 e. The van der Waals surface area contributed by atoms with E-state index in [0.29, 0.717) is 21.9 Å². The molecule has 2 aromatic rings. The van der Waals surface area contributed by atoms with Crippen molar-refractivity contribution in [3.8, 4) is 5.75 Å². The molecule has 0 aliphatic carbocycles. The number of esters is 1. The van der Waals surface area contributed by atoms with Gasteiger partial charge >= 0.3 is 5.97 Å². The lowest BCUT2D eigenvalue weighted by molar-refractivity contribution is -0.139. The molecule has 7 heteroatoms. The molecule has 1 heterocycles. The summed E-state index contributed by atoms with van der Waals surface area (Å²) >= 11 is 5.80. The standard InChI is InChI=1S/C24H26ClNO5/c1-16-4-3-5-17(2)26(16)23(28)15-30-21-12-8-19(9-13-21)24(29)31-14-22(27)18-6-10-20(25)11-7-18/h6-13,16-17H,3-5,14-15H2,1-2H3/t16-,17-/m0/s1. The summed E-state index contributed by atoms with van der Waals surface area (Å²) in [6.45, 7) is 3.71. The molecule has 0 saturated carbocycles. The summed E-state index contributed by atoms with van der Waals surface area (Å²) in [7, 11) is 0. The number of ether oxygens (including phenoxy) is 2. The number of piperidine rings is 1. The van der Waals surface area contributed by atoms with Crippen LogP contribution < -0.4 is 4.74 Å². The molecule has 3 rings (SSSR count). The summed E-state index contributed by atoms with van der Waals surface area (Å²) in [4.78, 5) is 38.7. The fourth-order valence-electron chi connectivity index (χ4n) is 3.75. The smallest absolute Gasteiger partial charge is 0.338 e. The third-order valence-electron chi connectivity index (χ3n) is 5.43. The summed E-state index contributed by atoms with van der Waals surface area (Å²) in [5, 5.41) is 0.525. The minimum absolute atomic E-state index is 0.0381. The molecule has 6 nitrogen and oxygen atoms in total. The van der Waals surface area contributed by atoms with Gasteiger partial charge in [0.25, 0.3) is 5.91 Å². The van der Waals surface area contributed by atoms with Crippen LogP contribution in [0.5, 0.6) is 5.75 Å². The van der Waals surface area contributed by atoms with E-state index in [1.165, 1.54) is 0 Å². The van der Waals surface area contributed by atoms with Crippen molar-refractivity contribution < 1.29 is 23.9 Å². The fraction of sp³-hybridized carbons (Fsp3) is 0.375. The van der Waals surface area contributed by atoms with Crippen LogP contribution in [0.2, 0.25) is 5.02 Å². The minimum atomic E-state index is -0.610. The normalized spacial score (nSPS) is 18.4.